The molecule has 0 spiro atoms. The van der Waals surface area contributed by atoms with Gasteiger partial charge in [-0.25, -0.2) is 9.97 Å². The number of fused-ring (bicyclic) bond motifs is 6. The molecule has 0 saturated carbocycles. The lowest BCUT2D eigenvalue weighted by Crippen LogP contribution is -1.96. The van der Waals surface area contributed by atoms with E-state index in [4.69, 9.17) is 18.8 Å². The lowest BCUT2D eigenvalue weighted by atomic mass is 9.97. The van der Waals surface area contributed by atoms with Gasteiger partial charge in [-0.1, -0.05) is 146 Å². The van der Waals surface area contributed by atoms with Gasteiger partial charge >= 0.3 is 0 Å². The zero-order chi connectivity index (χ0) is 37.0. The molecular formula is C52H32N2O2. The molecule has 0 N–H and O–H groups in total. The first-order valence-corrected chi connectivity index (χ1v) is 18.8. The van der Waals surface area contributed by atoms with Crippen LogP contribution in [0, 0.1) is 0 Å². The van der Waals surface area contributed by atoms with Gasteiger partial charge in [0.25, 0.3) is 0 Å². The van der Waals surface area contributed by atoms with Crippen molar-refractivity contribution in [3.63, 3.8) is 0 Å². The molecule has 0 aliphatic carbocycles. The van der Waals surface area contributed by atoms with Gasteiger partial charge < -0.3 is 8.83 Å². The van der Waals surface area contributed by atoms with E-state index in [1.54, 1.807) is 0 Å². The van der Waals surface area contributed by atoms with Crippen molar-refractivity contribution in [3.8, 4) is 67.3 Å². The maximum Gasteiger partial charge on any atom is 0.160 e. The Morgan fingerprint density at radius 3 is 1.66 bits per heavy atom. The van der Waals surface area contributed by atoms with Gasteiger partial charge in [-0.3, -0.25) is 0 Å². The van der Waals surface area contributed by atoms with Crippen molar-refractivity contribution >= 4 is 43.9 Å². The first kappa shape index (κ1) is 31.9. The number of rotatable bonds is 6. The van der Waals surface area contributed by atoms with Gasteiger partial charge in [-0.2, -0.15) is 0 Å². The topological polar surface area (TPSA) is 52.1 Å². The van der Waals surface area contributed by atoms with E-state index in [2.05, 4.69) is 140 Å². The third-order valence-corrected chi connectivity index (χ3v) is 10.7. The zero-order valence-corrected chi connectivity index (χ0v) is 30.2. The third kappa shape index (κ3) is 5.55. The lowest BCUT2D eigenvalue weighted by Gasteiger charge is -2.11. The Hall–Kier alpha value is -7.56. The predicted molar refractivity (Wildman–Crippen MR) is 229 cm³/mol. The Morgan fingerprint density at radius 1 is 0.286 bits per heavy atom. The monoisotopic (exact) mass is 716 g/mol. The molecule has 262 valence electrons. The Kier molecular flexibility index (Phi) is 7.46. The van der Waals surface area contributed by atoms with Crippen molar-refractivity contribution < 1.29 is 8.83 Å². The van der Waals surface area contributed by atoms with E-state index in [1.165, 1.54) is 11.1 Å². The second-order valence-corrected chi connectivity index (χ2v) is 14.2. The van der Waals surface area contributed by atoms with E-state index in [1.807, 2.05) is 54.6 Å². The fourth-order valence-electron chi connectivity index (χ4n) is 7.92. The summed E-state index contributed by atoms with van der Waals surface area (Å²) in [6, 6.07) is 67.4. The molecule has 11 rings (SSSR count). The number of hydrogen-bond acceptors (Lipinski definition) is 4. The Labute approximate surface area is 323 Å². The van der Waals surface area contributed by atoms with Crippen LogP contribution in [0.1, 0.15) is 0 Å². The summed E-state index contributed by atoms with van der Waals surface area (Å²) >= 11 is 0. The second kappa shape index (κ2) is 13.1. The number of nitrogens with zero attached hydrogens (tertiary/aromatic N) is 2. The van der Waals surface area contributed by atoms with Crippen molar-refractivity contribution in [2.45, 2.75) is 0 Å². The number of aromatic nitrogens is 2. The number of furan rings is 2. The maximum atomic E-state index is 6.48. The molecule has 0 bridgehead atoms. The average molecular weight is 717 g/mol. The van der Waals surface area contributed by atoms with Crippen molar-refractivity contribution in [2.24, 2.45) is 0 Å². The molecule has 0 radical (unpaired) electrons. The highest BCUT2D eigenvalue weighted by molar-refractivity contribution is 6.13. The molecule has 0 fully saturated rings. The number of hydrogen-bond donors (Lipinski definition) is 0. The molecule has 11 aromatic rings. The minimum atomic E-state index is 0.663. The van der Waals surface area contributed by atoms with Crippen LogP contribution in [0.15, 0.2) is 203 Å². The minimum absolute atomic E-state index is 0.663. The van der Waals surface area contributed by atoms with Crippen LogP contribution in [0.25, 0.3) is 111 Å². The molecule has 0 aliphatic rings. The Balaban J connectivity index is 1.04. The highest BCUT2D eigenvalue weighted by Crippen LogP contribution is 2.40. The van der Waals surface area contributed by atoms with Crippen LogP contribution in [0.5, 0.6) is 0 Å². The molecule has 3 aromatic heterocycles. The van der Waals surface area contributed by atoms with Crippen LogP contribution < -0.4 is 0 Å². The Bertz CT molecular complexity index is 3230. The van der Waals surface area contributed by atoms with Gasteiger partial charge in [0, 0.05) is 38.2 Å². The molecule has 56 heavy (non-hydrogen) atoms. The summed E-state index contributed by atoms with van der Waals surface area (Å²) in [5.41, 5.74) is 14.9. The van der Waals surface area contributed by atoms with Crippen molar-refractivity contribution in [3.05, 3.63) is 194 Å². The molecule has 0 saturated heterocycles. The molecule has 8 aromatic carbocycles. The van der Waals surface area contributed by atoms with E-state index < -0.39 is 0 Å². The molecule has 0 aliphatic heterocycles. The summed E-state index contributed by atoms with van der Waals surface area (Å²) < 4.78 is 12.7. The van der Waals surface area contributed by atoms with Crippen LogP contribution in [-0.2, 0) is 0 Å². The lowest BCUT2D eigenvalue weighted by molar-refractivity contribution is 0.668. The first-order valence-electron chi connectivity index (χ1n) is 18.8. The van der Waals surface area contributed by atoms with Crippen molar-refractivity contribution in [2.75, 3.05) is 0 Å². The molecular weight excluding hydrogens is 685 g/mol. The molecule has 0 amide bonds. The van der Waals surface area contributed by atoms with Crippen LogP contribution in [-0.4, -0.2) is 9.97 Å². The van der Waals surface area contributed by atoms with Crippen LogP contribution in [0.4, 0.5) is 0 Å². The number of benzene rings is 8. The molecule has 0 unspecified atom stereocenters. The summed E-state index contributed by atoms with van der Waals surface area (Å²) in [7, 11) is 0. The van der Waals surface area contributed by atoms with Crippen molar-refractivity contribution in [1.29, 1.82) is 0 Å². The maximum absolute atomic E-state index is 6.48. The predicted octanol–water partition coefficient (Wildman–Crippen LogP) is 14.3. The quantitative estimate of drug-likeness (QED) is 0.172. The highest BCUT2D eigenvalue weighted by atomic mass is 16.3. The van der Waals surface area contributed by atoms with E-state index >= 15 is 0 Å². The van der Waals surface area contributed by atoms with E-state index in [9.17, 15) is 0 Å². The van der Waals surface area contributed by atoms with Gasteiger partial charge in [0.1, 0.15) is 22.3 Å². The summed E-state index contributed by atoms with van der Waals surface area (Å²) in [6.07, 6.45) is 0. The number of para-hydroxylation sites is 1. The van der Waals surface area contributed by atoms with E-state index in [0.29, 0.717) is 5.82 Å². The van der Waals surface area contributed by atoms with Crippen LogP contribution in [0.3, 0.4) is 0 Å². The molecule has 4 heteroatoms. The fourth-order valence-corrected chi connectivity index (χ4v) is 7.92. The van der Waals surface area contributed by atoms with Gasteiger partial charge in [0.15, 0.2) is 5.82 Å². The smallest absolute Gasteiger partial charge is 0.160 e. The van der Waals surface area contributed by atoms with Gasteiger partial charge in [0.2, 0.25) is 0 Å². The molecule has 4 nitrogen and oxygen atoms in total. The Morgan fingerprint density at radius 2 is 0.821 bits per heavy atom. The normalized spacial score (nSPS) is 11.6. The SMILES string of the molecule is c1ccc(-c2ccc(-c3ccc4oc5cccc(-c6cc(-c7cccc(-c8ccc9c(c8)oc8ccccc89)c7)nc(-c7ccccc7)n6)c5c4c3)cc2)cc1. The van der Waals surface area contributed by atoms with Gasteiger partial charge in [-0.05, 0) is 81.9 Å². The first-order chi connectivity index (χ1) is 27.7. The van der Waals surface area contributed by atoms with Crippen molar-refractivity contribution in [1.82, 2.24) is 9.97 Å². The summed E-state index contributed by atoms with van der Waals surface area (Å²) in [5.74, 6) is 0.663. The summed E-state index contributed by atoms with van der Waals surface area (Å²) in [5, 5.41) is 4.31. The van der Waals surface area contributed by atoms with Gasteiger partial charge in [0.05, 0.1) is 11.4 Å². The molecule has 0 atom stereocenters. The average Bonchev–Trinajstić information content (AvgIpc) is 3.85. The van der Waals surface area contributed by atoms with Crippen LogP contribution in [0.2, 0.25) is 0 Å². The fraction of sp³-hybridized carbons (Fsp3) is 0. The third-order valence-electron chi connectivity index (χ3n) is 10.7. The molecule has 3 heterocycles. The van der Waals surface area contributed by atoms with Crippen LogP contribution >= 0.6 is 0 Å². The van der Waals surface area contributed by atoms with Gasteiger partial charge in [-0.15, -0.1) is 0 Å². The van der Waals surface area contributed by atoms with E-state index in [-0.39, 0.29) is 0 Å². The minimum Gasteiger partial charge on any atom is -0.456 e. The summed E-state index contributed by atoms with van der Waals surface area (Å²) in [4.78, 5) is 10.4. The highest BCUT2D eigenvalue weighted by Gasteiger charge is 2.18. The summed E-state index contributed by atoms with van der Waals surface area (Å²) in [6.45, 7) is 0. The standard InChI is InChI=1S/C52H32N2O2/c1-3-11-33(12-4-1)34-21-23-35(24-22-34)38-26-28-48-44(30-38)51-43(18-10-20-49(51)55-48)46-32-45(53-52(54-46)36-13-5-2-6-14-36)40-16-9-15-37(29-40)39-25-27-42-41-17-7-8-19-47(41)56-50(42)31-39/h1-32H. The van der Waals surface area contributed by atoms with E-state index in [0.717, 1.165) is 94.2 Å². The zero-order valence-electron chi connectivity index (χ0n) is 30.2. The second-order valence-electron chi connectivity index (χ2n) is 14.2. The largest absolute Gasteiger partial charge is 0.456 e.